The van der Waals surface area contributed by atoms with Crippen LogP contribution in [0.5, 0.6) is 0 Å². The van der Waals surface area contributed by atoms with Crippen molar-refractivity contribution in [1.82, 2.24) is 9.97 Å². The third kappa shape index (κ3) is 4.12. The topological polar surface area (TPSA) is 101 Å². The van der Waals surface area contributed by atoms with Gasteiger partial charge in [-0.3, -0.25) is 0 Å². The predicted molar refractivity (Wildman–Crippen MR) is 110 cm³/mol. The minimum absolute atomic E-state index is 0.161. The van der Waals surface area contributed by atoms with E-state index in [-0.39, 0.29) is 4.90 Å². The first-order valence-corrected chi connectivity index (χ1v) is 11.4. The number of sulfonamides is 1. The van der Waals surface area contributed by atoms with Crippen LogP contribution in [0.15, 0.2) is 29.2 Å². The van der Waals surface area contributed by atoms with E-state index in [4.69, 9.17) is 15.1 Å². The Balaban J connectivity index is 1.64. The van der Waals surface area contributed by atoms with E-state index < -0.39 is 10.0 Å². The van der Waals surface area contributed by atoms with Gasteiger partial charge in [0.2, 0.25) is 10.0 Å². The smallest absolute Gasteiger partial charge is 0.238 e. The monoisotopic (exact) mass is 401 g/mol. The predicted octanol–water partition coefficient (Wildman–Crippen LogP) is 2.77. The standard InChI is InChI=1S/C20H27N5O2S/c1-3-13(2)22-18-11-19(24-20(23-18)15-4-5-15)25-9-8-14-6-7-17(28(21,26)27)10-16(14)12-25/h6-7,10-11,13,15H,3-5,8-9,12H2,1-2H3,(H2,21,26,27)(H,22,23,24)/t13-/m1/s1. The van der Waals surface area contributed by atoms with E-state index in [9.17, 15) is 8.42 Å². The zero-order valence-corrected chi connectivity index (χ0v) is 17.2. The van der Waals surface area contributed by atoms with E-state index >= 15 is 0 Å². The Bertz CT molecular complexity index is 988. The van der Waals surface area contributed by atoms with Crippen LogP contribution < -0.4 is 15.4 Å². The first kappa shape index (κ1) is 19.1. The fourth-order valence-electron chi connectivity index (χ4n) is 3.47. The van der Waals surface area contributed by atoms with Gasteiger partial charge in [-0.15, -0.1) is 0 Å². The van der Waals surface area contributed by atoms with Crippen molar-refractivity contribution >= 4 is 21.7 Å². The lowest BCUT2D eigenvalue weighted by atomic mass is 10.00. The van der Waals surface area contributed by atoms with E-state index in [0.717, 1.165) is 60.8 Å². The van der Waals surface area contributed by atoms with Gasteiger partial charge in [-0.1, -0.05) is 13.0 Å². The Morgan fingerprint density at radius 3 is 2.71 bits per heavy atom. The Morgan fingerprint density at radius 1 is 1.25 bits per heavy atom. The molecular formula is C20H27N5O2S. The molecule has 1 atom stereocenters. The molecule has 1 aliphatic heterocycles. The maximum atomic E-state index is 11.7. The summed E-state index contributed by atoms with van der Waals surface area (Å²) in [4.78, 5) is 11.9. The molecule has 1 saturated carbocycles. The Morgan fingerprint density at radius 2 is 2.04 bits per heavy atom. The van der Waals surface area contributed by atoms with Gasteiger partial charge in [0.1, 0.15) is 17.5 Å². The van der Waals surface area contributed by atoms with Crippen molar-refractivity contribution in [3.05, 3.63) is 41.2 Å². The average Bonchev–Trinajstić information content (AvgIpc) is 3.51. The van der Waals surface area contributed by atoms with Gasteiger partial charge in [-0.25, -0.2) is 23.5 Å². The highest BCUT2D eigenvalue weighted by Crippen LogP contribution is 2.39. The second-order valence-electron chi connectivity index (χ2n) is 7.84. The molecule has 28 heavy (non-hydrogen) atoms. The van der Waals surface area contributed by atoms with Crippen molar-refractivity contribution in [2.24, 2.45) is 5.14 Å². The minimum Gasteiger partial charge on any atom is -0.367 e. The summed E-state index contributed by atoms with van der Waals surface area (Å²) in [5, 5.41) is 8.77. The number of aromatic nitrogens is 2. The number of nitrogens with zero attached hydrogens (tertiary/aromatic N) is 3. The maximum Gasteiger partial charge on any atom is 0.238 e. The molecule has 0 bridgehead atoms. The van der Waals surface area contributed by atoms with Gasteiger partial charge in [0.15, 0.2) is 0 Å². The molecular weight excluding hydrogens is 374 g/mol. The Hall–Kier alpha value is -2.19. The second kappa shape index (κ2) is 7.33. The molecule has 4 rings (SSSR count). The Labute approximate surface area is 166 Å². The fourth-order valence-corrected chi connectivity index (χ4v) is 4.04. The maximum absolute atomic E-state index is 11.7. The largest absolute Gasteiger partial charge is 0.367 e. The highest BCUT2D eigenvalue weighted by Gasteiger charge is 2.29. The summed E-state index contributed by atoms with van der Waals surface area (Å²) in [6, 6.07) is 7.51. The lowest BCUT2D eigenvalue weighted by Crippen LogP contribution is -2.32. The molecule has 0 amide bonds. The van der Waals surface area contributed by atoms with Crippen molar-refractivity contribution in [1.29, 1.82) is 0 Å². The normalized spacial score (nSPS) is 17.9. The third-order valence-electron chi connectivity index (χ3n) is 5.52. The van der Waals surface area contributed by atoms with Crippen LogP contribution in [0.4, 0.5) is 11.6 Å². The third-order valence-corrected chi connectivity index (χ3v) is 6.43. The summed E-state index contributed by atoms with van der Waals surface area (Å²) in [7, 11) is -3.71. The van der Waals surface area contributed by atoms with Crippen LogP contribution in [0.25, 0.3) is 0 Å². The number of anilines is 2. The van der Waals surface area contributed by atoms with Crippen LogP contribution in [-0.4, -0.2) is 31.0 Å². The summed E-state index contributed by atoms with van der Waals surface area (Å²) in [5.74, 6) is 3.13. The van der Waals surface area contributed by atoms with Crippen LogP contribution >= 0.6 is 0 Å². The highest BCUT2D eigenvalue weighted by molar-refractivity contribution is 7.89. The van der Waals surface area contributed by atoms with Gasteiger partial charge in [0, 0.05) is 31.1 Å². The number of nitrogens with two attached hydrogens (primary N) is 1. The molecule has 1 aromatic heterocycles. The molecule has 7 nitrogen and oxygen atoms in total. The molecule has 150 valence electrons. The van der Waals surface area contributed by atoms with Crippen LogP contribution in [0.3, 0.4) is 0 Å². The Kier molecular flexibility index (Phi) is 5.01. The molecule has 1 fully saturated rings. The summed E-state index contributed by atoms with van der Waals surface area (Å²) in [6.07, 6.45) is 4.15. The molecule has 2 aromatic rings. The zero-order valence-electron chi connectivity index (χ0n) is 16.4. The number of benzene rings is 1. The minimum atomic E-state index is -3.71. The van der Waals surface area contributed by atoms with Crippen LogP contribution in [0, 0.1) is 0 Å². The van der Waals surface area contributed by atoms with Gasteiger partial charge < -0.3 is 10.2 Å². The summed E-state index contributed by atoms with van der Waals surface area (Å²) in [5.41, 5.74) is 2.15. The first-order valence-electron chi connectivity index (χ1n) is 9.88. The van der Waals surface area contributed by atoms with E-state index in [1.165, 1.54) is 0 Å². The lowest BCUT2D eigenvalue weighted by Gasteiger charge is -2.30. The summed E-state index contributed by atoms with van der Waals surface area (Å²) < 4.78 is 23.4. The highest BCUT2D eigenvalue weighted by atomic mass is 32.2. The molecule has 0 radical (unpaired) electrons. The molecule has 0 saturated heterocycles. The second-order valence-corrected chi connectivity index (χ2v) is 9.41. The van der Waals surface area contributed by atoms with Crippen molar-refractivity contribution in [3.63, 3.8) is 0 Å². The SMILES string of the molecule is CC[C@@H](C)Nc1cc(N2CCc3ccc(S(N)(=O)=O)cc3C2)nc(C2CC2)n1. The molecule has 0 unspecified atom stereocenters. The molecule has 2 aliphatic rings. The molecule has 2 heterocycles. The average molecular weight is 402 g/mol. The van der Waals surface area contributed by atoms with Gasteiger partial charge in [-0.05, 0) is 55.9 Å². The zero-order chi connectivity index (χ0) is 19.9. The van der Waals surface area contributed by atoms with Gasteiger partial charge in [0.25, 0.3) is 0 Å². The van der Waals surface area contributed by atoms with Gasteiger partial charge in [-0.2, -0.15) is 0 Å². The number of hydrogen-bond donors (Lipinski definition) is 2. The lowest BCUT2D eigenvalue weighted by molar-refractivity contribution is 0.597. The number of fused-ring (bicyclic) bond motifs is 1. The van der Waals surface area contributed by atoms with E-state index in [1.807, 2.05) is 12.1 Å². The molecule has 8 heteroatoms. The number of rotatable bonds is 6. The van der Waals surface area contributed by atoms with Crippen LogP contribution in [-0.2, 0) is 23.0 Å². The van der Waals surface area contributed by atoms with Gasteiger partial charge in [0.05, 0.1) is 4.90 Å². The van der Waals surface area contributed by atoms with Crippen molar-refractivity contribution in [2.45, 2.75) is 62.9 Å². The van der Waals surface area contributed by atoms with Crippen molar-refractivity contribution in [3.8, 4) is 0 Å². The quantitative estimate of drug-likeness (QED) is 0.772. The fraction of sp³-hybridized carbons (Fsp3) is 0.500. The van der Waals surface area contributed by atoms with Crippen molar-refractivity contribution < 1.29 is 8.42 Å². The number of nitrogens with one attached hydrogen (secondary N) is 1. The summed E-state index contributed by atoms with van der Waals surface area (Å²) >= 11 is 0. The molecule has 1 aliphatic carbocycles. The van der Waals surface area contributed by atoms with Crippen molar-refractivity contribution in [2.75, 3.05) is 16.8 Å². The van der Waals surface area contributed by atoms with E-state index in [1.54, 1.807) is 12.1 Å². The summed E-state index contributed by atoms with van der Waals surface area (Å²) in [6.45, 7) is 5.74. The molecule has 0 spiro atoms. The number of hydrogen-bond acceptors (Lipinski definition) is 6. The molecule has 3 N–H and O–H groups in total. The van der Waals surface area contributed by atoms with E-state index in [0.29, 0.717) is 18.5 Å². The van der Waals surface area contributed by atoms with Gasteiger partial charge >= 0.3 is 0 Å². The van der Waals surface area contributed by atoms with Crippen LogP contribution in [0.1, 0.15) is 56.0 Å². The first-order chi connectivity index (χ1) is 13.3. The number of primary sulfonamides is 1. The van der Waals surface area contributed by atoms with Crippen LogP contribution in [0.2, 0.25) is 0 Å². The van der Waals surface area contributed by atoms with E-state index in [2.05, 4.69) is 24.1 Å². The molecule has 1 aromatic carbocycles.